The molecule has 1 aliphatic rings. The van der Waals surface area contributed by atoms with Crippen molar-refractivity contribution in [2.75, 3.05) is 0 Å². The predicted octanol–water partition coefficient (Wildman–Crippen LogP) is 3.59. The third kappa shape index (κ3) is 2.51. The van der Waals surface area contributed by atoms with Gasteiger partial charge in [0.2, 0.25) is 5.90 Å². The summed E-state index contributed by atoms with van der Waals surface area (Å²) in [6.45, 7) is 1.83. The summed E-state index contributed by atoms with van der Waals surface area (Å²) in [4.78, 5) is 15.9. The van der Waals surface area contributed by atoms with E-state index in [-0.39, 0.29) is 11.6 Å². The van der Waals surface area contributed by atoms with Gasteiger partial charge in [-0.15, -0.1) is 0 Å². The van der Waals surface area contributed by atoms with E-state index in [2.05, 4.69) is 4.99 Å². The van der Waals surface area contributed by atoms with Crippen molar-refractivity contribution in [2.24, 2.45) is 4.99 Å². The largest absolute Gasteiger partial charge is 0.462 e. The number of benzene rings is 1. The normalized spacial score (nSPS) is 16.4. The second-order valence-electron chi connectivity index (χ2n) is 4.29. The fourth-order valence-electron chi connectivity index (χ4n) is 1.79. The first-order valence-corrected chi connectivity index (χ1v) is 6.34. The molecule has 0 bridgehead atoms. The molecular formula is C15H10ClNO3. The Hall–Kier alpha value is -2.33. The highest BCUT2D eigenvalue weighted by atomic mass is 35.5. The van der Waals surface area contributed by atoms with Crippen molar-refractivity contribution in [2.45, 2.75) is 6.92 Å². The Labute approximate surface area is 120 Å². The van der Waals surface area contributed by atoms with E-state index in [1.54, 1.807) is 36.4 Å². The first kappa shape index (κ1) is 12.7. The minimum atomic E-state index is -0.496. The molecular weight excluding hydrogens is 278 g/mol. The molecule has 0 spiro atoms. The van der Waals surface area contributed by atoms with Crippen LogP contribution in [0.3, 0.4) is 0 Å². The summed E-state index contributed by atoms with van der Waals surface area (Å²) in [6, 6.07) is 10.5. The van der Waals surface area contributed by atoms with E-state index in [4.69, 9.17) is 20.8 Å². The van der Waals surface area contributed by atoms with Crippen LogP contribution in [0.4, 0.5) is 0 Å². The van der Waals surface area contributed by atoms with Crippen LogP contribution in [-0.4, -0.2) is 11.9 Å². The van der Waals surface area contributed by atoms with Gasteiger partial charge >= 0.3 is 5.97 Å². The van der Waals surface area contributed by atoms with Gasteiger partial charge in [0, 0.05) is 16.7 Å². The monoisotopic (exact) mass is 287 g/mol. The zero-order valence-corrected chi connectivity index (χ0v) is 11.3. The predicted molar refractivity (Wildman–Crippen MR) is 75.5 cm³/mol. The van der Waals surface area contributed by atoms with Crippen LogP contribution in [0.1, 0.15) is 17.1 Å². The second-order valence-corrected chi connectivity index (χ2v) is 4.73. The lowest BCUT2D eigenvalue weighted by Crippen LogP contribution is -2.05. The summed E-state index contributed by atoms with van der Waals surface area (Å²) in [5, 5.41) is 0.612. The Bertz CT molecular complexity index is 726. The van der Waals surface area contributed by atoms with E-state index < -0.39 is 5.97 Å². The average Bonchev–Trinajstić information content (AvgIpc) is 2.98. The minimum Gasteiger partial charge on any atom is -0.462 e. The molecule has 1 aromatic heterocycles. The zero-order valence-electron chi connectivity index (χ0n) is 10.6. The number of hydrogen-bond donors (Lipinski definition) is 0. The molecule has 5 heteroatoms. The van der Waals surface area contributed by atoms with Crippen molar-refractivity contribution in [1.29, 1.82) is 0 Å². The number of carbonyl (C=O) groups is 1. The summed E-state index contributed by atoms with van der Waals surface area (Å²) in [7, 11) is 0. The van der Waals surface area contributed by atoms with Crippen LogP contribution in [0.15, 0.2) is 51.5 Å². The van der Waals surface area contributed by atoms with Crippen molar-refractivity contribution >= 4 is 29.5 Å². The molecule has 4 nitrogen and oxygen atoms in total. The number of esters is 1. The van der Waals surface area contributed by atoms with Gasteiger partial charge in [-0.2, -0.15) is 0 Å². The van der Waals surface area contributed by atoms with Crippen LogP contribution in [0.25, 0.3) is 6.08 Å². The molecule has 0 unspecified atom stereocenters. The number of nitrogens with zero attached hydrogens (tertiary/aromatic N) is 1. The molecule has 0 atom stereocenters. The number of aliphatic imine (C=N–C) groups is 1. The van der Waals surface area contributed by atoms with Crippen LogP contribution in [0, 0.1) is 6.92 Å². The van der Waals surface area contributed by atoms with Gasteiger partial charge in [-0.25, -0.2) is 9.79 Å². The number of carbonyl (C=O) groups excluding carboxylic acids is 1. The fraction of sp³-hybridized carbons (Fsp3) is 0.0667. The zero-order chi connectivity index (χ0) is 14.1. The lowest BCUT2D eigenvalue weighted by molar-refractivity contribution is -0.129. The van der Waals surface area contributed by atoms with Gasteiger partial charge in [-0.05, 0) is 43.3 Å². The molecule has 0 N–H and O–H groups in total. The molecule has 0 saturated heterocycles. The number of cyclic esters (lactones) is 1. The van der Waals surface area contributed by atoms with Gasteiger partial charge in [0.1, 0.15) is 11.5 Å². The summed E-state index contributed by atoms with van der Waals surface area (Å²) >= 11 is 5.81. The van der Waals surface area contributed by atoms with Crippen LogP contribution < -0.4 is 0 Å². The van der Waals surface area contributed by atoms with Crippen LogP contribution in [0.5, 0.6) is 0 Å². The molecule has 0 aliphatic carbocycles. The average molecular weight is 288 g/mol. The molecule has 0 amide bonds. The molecule has 100 valence electrons. The quantitative estimate of drug-likeness (QED) is 0.626. The molecule has 3 rings (SSSR count). The highest BCUT2D eigenvalue weighted by molar-refractivity contribution is 6.30. The summed E-state index contributed by atoms with van der Waals surface area (Å²) in [5.41, 5.74) is 0.908. The highest BCUT2D eigenvalue weighted by Crippen LogP contribution is 2.20. The Morgan fingerprint density at radius 3 is 2.55 bits per heavy atom. The highest BCUT2D eigenvalue weighted by Gasteiger charge is 2.24. The lowest BCUT2D eigenvalue weighted by atomic mass is 10.2. The van der Waals surface area contributed by atoms with Gasteiger partial charge < -0.3 is 9.15 Å². The van der Waals surface area contributed by atoms with Gasteiger partial charge in [-0.3, -0.25) is 0 Å². The van der Waals surface area contributed by atoms with Gasteiger partial charge in [0.15, 0.2) is 5.70 Å². The number of rotatable bonds is 2. The van der Waals surface area contributed by atoms with E-state index >= 15 is 0 Å². The molecule has 20 heavy (non-hydrogen) atoms. The van der Waals surface area contributed by atoms with E-state index in [0.29, 0.717) is 16.3 Å². The van der Waals surface area contributed by atoms with E-state index in [0.717, 1.165) is 5.76 Å². The van der Waals surface area contributed by atoms with Crippen LogP contribution in [-0.2, 0) is 9.53 Å². The van der Waals surface area contributed by atoms with Crippen LogP contribution in [0.2, 0.25) is 5.02 Å². The van der Waals surface area contributed by atoms with E-state index in [1.165, 1.54) is 0 Å². The van der Waals surface area contributed by atoms with Crippen molar-refractivity contribution in [1.82, 2.24) is 0 Å². The standard InChI is InChI=1S/C15H10ClNO3/c1-9-2-7-12(19-9)8-13-15(18)20-14(17-13)10-3-5-11(16)6-4-10/h2-8H,1H3/b13-8-. The van der Waals surface area contributed by atoms with E-state index in [1.807, 2.05) is 13.0 Å². The molecule has 2 heterocycles. The minimum absolute atomic E-state index is 0.212. The molecule has 0 radical (unpaired) electrons. The van der Waals surface area contributed by atoms with Gasteiger partial charge in [0.25, 0.3) is 0 Å². The van der Waals surface area contributed by atoms with Gasteiger partial charge in [0.05, 0.1) is 0 Å². The summed E-state index contributed by atoms with van der Waals surface area (Å²) in [5.74, 6) is 1.10. The third-order valence-corrected chi connectivity index (χ3v) is 3.00. The van der Waals surface area contributed by atoms with Crippen molar-refractivity contribution in [3.8, 4) is 0 Å². The topological polar surface area (TPSA) is 51.8 Å². The van der Waals surface area contributed by atoms with Gasteiger partial charge in [-0.1, -0.05) is 11.6 Å². The smallest absolute Gasteiger partial charge is 0.363 e. The third-order valence-electron chi connectivity index (χ3n) is 2.75. The second kappa shape index (κ2) is 4.98. The Kier molecular flexibility index (Phi) is 3.16. The number of halogens is 1. The maximum Gasteiger partial charge on any atom is 0.363 e. The summed E-state index contributed by atoms with van der Waals surface area (Å²) in [6.07, 6.45) is 1.55. The van der Waals surface area contributed by atoms with Crippen molar-refractivity contribution < 1.29 is 13.9 Å². The maximum absolute atomic E-state index is 11.8. The number of hydrogen-bond acceptors (Lipinski definition) is 4. The molecule has 2 aromatic rings. The molecule has 0 saturated carbocycles. The first-order chi connectivity index (χ1) is 9.61. The van der Waals surface area contributed by atoms with E-state index in [9.17, 15) is 4.79 Å². The number of aryl methyl sites for hydroxylation is 1. The number of furan rings is 1. The lowest BCUT2D eigenvalue weighted by Gasteiger charge is -1.98. The molecule has 1 aliphatic heterocycles. The fourth-order valence-corrected chi connectivity index (χ4v) is 1.92. The summed E-state index contributed by atoms with van der Waals surface area (Å²) < 4.78 is 10.5. The van der Waals surface area contributed by atoms with Crippen molar-refractivity contribution in [3.05, 3.63) is 64.2 Å². The van der Waals surface area contributed by atoms with Crippen molar-refractivity contribution in [3.63, 3.8) is 0 Å². The Morgan fingerprint density at radius 2 is 1.90 bits per heavy atom. The molecule has 1 aromatic carbocycles. The Morgan fingerprint density at radius 1 is 1.15 bits per heavy atom. The first-order valence-electron chi connectivity index (χ1n) is 5.97. The Balaban J connectivity index is 1.92. The van der Waals surface area contributed by atoms with Crippen LogP contribution >= 0.6 is 11.6 Å². The maximum atomic E-state index is 11.8. The number of ether oxygens (including phenoxy) is 1. The SMILES string of the molecule is Cc1ccc(/C=C2\N=C(c3ccc(Cl)cc3)OC2=O)o1. The molecule has 0 fully saturated rings.